The highest BCUT2D eigenvalue weighted by molar-refractivity contribution is 6.01. The Morgan fingerprint density at radius 3 is 2.50 bits per heavy atom. The van der Waals surface area contributed by atoms with E-state index in [4.69, 9.17) is 10.7 Å². The fraction of sp³-hybridized carbons (Fsp3) is 0.0476. The number of hydrogen-bond donors (Lipinski definition) is 1. The lowest BCUT2D eigenvalue weighted by atomic mass is 9.96. The Labute approximate surface area is 139 Å². The van der Waals surface area contributed by atoms with Crippen molar-refractivity contribution in [2.45, 2.75) is 6.92 Å². The monoisotopic (exact) mass is 312 g/mol. The Balaban J connectivity index is 2.01. The summed E-state index contributed by atoms with van der Waals surface area (Å²) in [5.41, 5.74) is 9.94. The van der Waals surface area contributed by atoms with Gasteiger partial charge < -0.3 is 5.73 Å². The number of nitrogens with zero attached hydrogens (tertiary/aromatic N) is 1. The molecular weight excluding hydrogens is 296 g/mol. The number of hydrogen-bond acceptors (Lipinski definition) is 2. The molecule has 0 atom stereocenters. The summed E-state index contributed by atoms with van der Waals surface area (Å²) >= 11 is 0. The van der Waals surface area contributed by atoms with Crippen molar-refractivity contribution >= 4 is 27.6 Å². The Hall–Kier alpha value is -3.20. The van der Waals surface area contributed by atoms with Crippen molar-refractivity contribution in [2.75, 3.05) is 0 Å². The molecule has 1 aromatic heterocycles. The molecule has 2 N–H and O–H groups in total. The predicted octanol–water partition coefficient (Wildman–Crippen LogP) is 4.46. The summed E-state index contributed by atoms with van der Waals surface area (Å²) in [6.07, 6.45) is 0. The first-order chi connectivity index (χ1) is 11.6. The third-order valence-corrected chi connectivity index (χ3v) is 4.37. The van der Waals surface area contributed by atoms with Gasteiger partial charge in [-0.25, -0.2) is 0 Å². The van der Waals surface area contributed by atoms with E-state index in [9.17, 15) is 4.79 Å². The number of nitrogens with two attached hydrogens (primary N) is 1. The average molecular weight is 312 g/mol. The van der Waals surface area contributed by atoms with Gasteiger partial charge in [0.05, 0.1) is 5.52 Å². The fourth-order valence-corrected chi connectivity index (χ4v) is 3.16. The van der Waals surface area contributed by atoms with E-state index in [1.807, 2.05) is 25.1 Å². The van der Waals surface area contributed by atoms with E-state index < -0.39 is 5.91 Å². The molecule has 3 heteroatoms. The van der Waals surface area contributed by atoms with Gasteiger partial charge in [-0.15, -0.1) is 0 Å². The Morgan fingerprint density at radius 1 is 0.875 bits per heavy atom. The van der Waals surface area contributed by atoms with Crippen LogP contribution < -0.4 is 5.73 Å². The van der Waals surface area contributed by atoms with E-state index in [1.54, 1.807) is 12.1 Å². The first-order valence-corrected chi connectivity index (χ1v) is 7.83. The van der Waals surface area contributed by atoms with Crippen molar-refractivity contribution in [3.05, 3.63) is 78.0 Å². The van der Waals surface area contributed by atoms with E-state index in [0.29, 0.717) is 5.56 Å². The van der Waals surface area contributed by atoms with Gasteiger partial charge in [-0.3, -0.25) is 9.78 Å². The molecule has 0 radical (unpaired) electrons. The summed E-state index contributed by atoms with van der Waals surface area (Å²) < 4.78 is 0. The molecule has 0 saturated carbocycles. The maximum atomic E-state index is 11.4. The second-order valence-electron chi connectivity index (χ2n) is 5.92. The predicted molar refractivity (Wildman–Crippen MR) is 97.9 cm³/mol. The lowest BCUT2D eigenvalue weighted by Crippen LogP contribution is -2.10. The molecule has 0 unspecified atom stereocenters. The first kappa shape index (κ1) is 14.4. The Bertz CT molecular complexity index is 1090. The molecule has 0 bridgehead atoms. The number of carbonyl (C=O) groups is 1. The average Bonchev–Trinajstić information content (AvgIpc) is 2.60. The van der Waals surface area contributed by atoms with E-state index >= 15 is 0 Å². The van der Waals surface area contributed by atoms with Crippen LogP contribution in [0.5, 0.6) is 0 Å². The second kappa shape index (κ2) is 5.46. The largest absolute Gasteiger partial charge is 0.366 e. The first-order valence-electron chi connectivity index (χ1n) is 7.83. The second-order valence-corrected chi connectivity index (χ2v) is 5.92. The van der Waals surface area contributed by atoms with Gasteiger partial charge in [0, 0.05) is 22.2 Å². The van der Waals surface area contributed by atoms with Crippen LogP contribution in [0.25, 0.3) is 32.8 Å². The van der Waals surface area contributed by atoms with Crippen molar-refractivity contribution < 1.29 is 4.79 Å². The van der Waals surface area contributed by atoms with Crippen LogP contribution in [-0.4, -0.2) is 10.9 Å². The zero-order valence-electron chi connectivity index (χ0n) is 13.3. The molecular formula is C21H16N2O. The molecule has 3 nitrogen and oxygen atoms in total. The number of carbonyl (C=O) groups excluding carboxylic acids is 1. The van der Waals surface area contributed by atoms with Crippen molar-refractivity contribution in [1.29, 1.82) is 0 Å². The van der Waals surface area contributed by atoms with Crippen LogP contribution in [0, 0.1) is 6.92 Å². The van der Waals surface area contributed by atoms with Gasteiger partial charge in [-0.1, -0.05) is 42.5 Å². The quantitative estimate of drug-likeness (QED) is 0.594. The van der Waals surface area contributed by atoms with Gasteiger partial charge in [-0.05, 0) is 47.5 Å². The molecule has 0 aliphatic rings. The van der Waals surface area contributed by atoms with Gasteiger partial charge in [0.25, 0.3) is 0 Å². The molecule has 3 aromatic carbocycles. The number of benzene rings is 3. The van der Waals surface area contributed by atoms with Gasteiger partial charge in [0.1, 0.15) is 0 Å². The van der Waals surface area contributed by atoms with Crippen LogP contribution in [-0.2, 0) is 0 Å². The molecule has 0 spiro atoms. The zero-order valence-corrected chi connectivity index (χ0v) is 13.3. The molecule has 0 fully saturated rings. The number of fused-ring (bicyclic) bond motifs is 2. The normalized spacial score (nSPS) is 11.0. The molecule has 24 heavy (non-hydrogen) atoms. The minimum Gasteiger partial charge on any atom is -0.366 e. The minimum absolute atomic E-state index is 0.427. The molecule has 1 amide bonds. The van der Waals surface area contributed by atoms with Crippen LogP contribution in [0.4, 0.5) is 0 Å². The van der Waals surface area contributed by atoms with E-state index in [2.05, 4.69) is 36.4 Å². The molecule has 116 valence electrons. The topological polar surface area (TPSA) is 56.0 Å². The highest BCUT2D eigenvalue weighted by atomic mass is 16.1. The highest BCUT2D eigenvalue weighted by Gasteiger charge is 2.10. The van der Waals surface area contributed by atoms with Crippen molar-refractivity contribution in [2.24, 2.45) is 5.73 Å². The number of primary amides is 1. The molecule has 4 rings (SSSR count). The van der Waals surface area contributed by atoms with Crippen molar-refractivity contribution in [1.82, 2.24) is 4.98 Å². The van der Waals surface area contributed by atoms with Gasteiger partial charge in [0.15, 0.2) is 0 Å². The minimum atomic E-state index is -0.427. The Morgan fingerprint density at radius 2 is 1.67 bits per heavy atom. The lowest BCUT2D eigenvalue weighted by molar-refractivity contribution is 0.100. The van der Waals surface area contributed by atoms with Crippen LogP contribution in [0.3, 0.4) is 0 Å². The number of amides is 1. The number of aromatic nitrogens is 1. The molecule has 0 aliphatic carbocycles. The van der Waals surface area contributed by atoms with Gasteiger partial charge in [-0.2, -0.15) is 0 Å². The fourth-order valence-electron chi connectivity index (χ4n) is 3.16. The van der Waals surface area contributed by atoms with Crippen LogP contribution in [0.15, 0.2) is 66.7 Å². The van der Waals surface area contributed by atoms with Crippen LogP contribution >= 0.6 is 0 Å². The van der Waals surface area contributed by atoms with E-state index in [1.165, 1.54) is 10.8 Å². The summed E-state index contributed by atoms with van der Waals surface area (Å²) in [5.74, 6) is -0.427. The molecule has 4 aromatic rings. The smallest absolute Gasteiger partial charge is 0.248 e. The van der Waals surface area contributed by atoms with E-state index in [-0.39, 0.29) is 0 Å². The Kier molecular flexibility index (Phi) is 3.28. The highest BCUT2D eigenvalue weighted by Crippen LogP contribution is 2.32. The molecule has 1 heterocycles. The standard InChI is InChI=1S/C21H16N2O/c1-13-19(18-8-4-6-14-5-2-3-7-17(14)18)12-16-11-15(21(22)24)9-10-20(16)23-13/h2-12H,1H3,(H2,22,24). The van der Waals surface area contributed by atoms with Crippen LogP contribution in [0.1, 0.15) is 16.1 Å². The maximum Gasteiger partial charge on any atom is 0.248 e. The van der Waals surface area contributed by atoms with Gasteiger partial charge >= 0.3 is 0 Å². The van der Waals surface area contributed by atoms with Gasteiger partial charge in [0.2, 0.25) is 5.91 Å². The van der Waals surface area contributed by atoms with E-state index in [0.717, 1.165) is 27.7 Å². The maximum absolute atomic E-state index is 11.4. The van der Waals surface area contributed by atoms with Crippen molar-refractivity contribution in [3.8, 4) is 11.1 Å². The summed E-state index contributed by atoms with van der Waals surface area (Å²) in [4.78, 5) is 16.2. The summed E-state index contributed by atoms with van der Waals surface area (Å²) in [6.45, 7) is 2.01. The SMILES string of the molecule is Cc1nc2ccc(C(N)=O)cc2cc1-c1cccc2ccccc12. The molecule has 0 saturated heterocycles. The lowest BCUT2D eigenvalue weighted by Gasteiger charge is -2.11. The zero-order chi connectivity index (χ0) is 16.7. The van der Waals surface area contributed by atoms with Crippen LogP contribution in [0.2, 0.25) is 0 Å². The summed E-state index contributed by atoms with van der Waals surface area (Å²) in [7, 11) is 0. The molecule has 0 aliphatic heterocycles. The number of aryl methyl sites for hydroxylation is 1. The summed E-state index contributed by atoms with van der Waals surface area (Å²) in [6, 6.07) is 22.0. The number of pyridine rings is 1. The summed E-state index contributed by atoms with van der Waals surface area (Å²) in [5, 5.41) is 3.30. The number of rotatable bonds is 2. The third kappa shape index (κ3) is 2.31. The third-order valence-electron chi connectivity index (χ3n) is 4.37. The van der Waals surface area contributed by atoms with Crippen molar-refractivity contribution in [3.63, 3.8) is 0 Å².